The van der Waals surface area contributed by atoms with Crippen LogP contribution in [0.3, 0.4) is 0 Å². The normalized spacial score (nSPS) is 14.5. The van der Waals surface area contributed by atoms with Crippen molar-refractivity contribution < 1.29 is 19.1 Å². The van der Waals surface area contributed by atoms with E-state index in [0.29, 0.717) is 43.1 Å². The Morgan fingerprint density at radius 3 is 2.54 bits per heavy atom. The summed E-state index contributed by atoms with van der Waals surface area (Å²) >= 11 is 16.6. The van der Waals surface area contributed by atoms with Crippen LogP contribution in [-0.2, 0) is 17.9 Å². The highest BCUT2D eigenvalue weighted by Crippen LogP contribution is 2.40. The number of ether oxygens (including phenoxy) is 2. The van der Waals surface area contributed by atoms with E-state index in [2.05, 4.69) is 15.9 Å². The number of halogens is 3. The van der Waals surface area contributed by atoms with E-state index < -0.39 is 0 Å². The first-order valence-electron chi connectivity index (χ1n) is 12.1. The van der Waals surface area contributed by atoms with Gasteiger partial charge in [-0.15, -0.1) is 0 Å². The molecule has 0 aromatic heterocycles. The SMILES string of the molecule is CCOc1cc(/C=C2/SC(=O)N(Cc3cccc4ccccc34)C2=O)cc(Br)c1OCc1ccc(Cl)c(Cl)c1. The molecule has 0 aliphatic carbocycles. The summed E-state index contributed by atoms with van der Waals surface area (Å²) in [4.78, 5) is 27.7. The topological polar surface area (TPSA) is 55.8 Å². The van der Waals surface area contributed by atoms with Gasteiger partial charge in [-0.3, -0.25) is 14.5 Å². The Labute approximate surface area is 248 Å². The van der Waals surface area contributed by atoms with Gasteiger partial charge < -0.3 is 9.47 Å². The van der Waals surface area contributed by atoms with Crippen molar-refractivity contribution in [3.05, 3.63) is 109 Å². The summed E-state index contributed by atoms with van der Waals surface area (Å²) in [5.74, 6) is 0.698. The van der Waals surface area contributed by atoms with Crippen molar-refractivity contribution in [3.8, 4) is 11.5 Å². The zero-order chi connectivity index (χ0) is 27.5. The van der Waals surface area contributed by atoms with E-state index in [1.807, 2.05) is 61.5 Å². The van der Waals surface area contributed by atoms with Crippen LogP contribution in [-0.4, -0.2) is 22.7 Å². The molecule has 0 N–H and O–H groups in total. The van der Waals surface area contributed by atoms with Crippen molar-refractivity contribution in [2.24, 2.45) is 0 Å². The summed E-state index contributed by atoms with van der Waals surface area (Å²) in [7, 11) is 0. The average molecular weight is 643 g/mol. The van der Waals surface area contributed by atoms with Crippen molar-refractivity contribution in [1.82, 2.24) is 4.90 Å². The molecule has 9 heteroatoms. The van der Waals surface area contributed by atoms with Crippen LogP contribution >= 0.6 is 50.9 Å². The molecule has 0 unspecified atom stereocenters. The van der Waals surface area contributed by atoms with Crippen molar-refractivity contribution in [2.75, 3.05) is 6.61 Å². The number of nitrogens with zero attached hydrogens (tertiary/aromatic N) is 1. The first-order chi connectivity index (χ1) is 18.8. The van der Waals surface area contributed by atoms with Gasteiger partial charge in [0.05, 0.1) is 32.6 Å². The lowest BCUT2D eigenvalue weighted by Gasteiger charge is -2.15. The first-order valence-corrected chi connectivity index (χ1v) is 14.5. The zero-order valence-electron chi connectivity index (χ0n) is 20.7. The molecule has 5 rings (SSSR count). The minimum atomic E-state index is -0.327. The monoisotopic (exact) mass is 641 g/mol. The smallest absolute Gasteiger partial charge is 0.293 e. The third-order valence-corrected chi connectivity index (χ3v) is 8.31. The molecule has 4 aromatic rings. The molecule has 39 heavy (non-hydrogen) atoms. The Morgan fingerprint density at radius 2 is 1.74 bits per heavy atom. The fraction of sp³-hybridized carbons (Fsp3) is 0.133. The molecule has 2 amide bonds. The molecule has 0 saturated carbocycles. The van der Waals surface area contributed by atoms with Crippen molar-refractivity contribution >= 4 is 78.9 Å². The molecule has 1 fully saturated rings. The van der Waals surface area contributed by atoms with Gasteiger partial charge in [-0.25, -0.2) is 0 Å². The standard InChI is InChI=1S/C30H22BrCl2NO4S/c1-2-37-26-14-19(12-23(31)28(26)38-17-18-10-11-24(32)25(33)13-18)15-27-29(35)34(30(36)39-27)16-21-8-5-7-20-6-3-4-9-22(20)21/h3-15H,2,16-17H2,1H3/b27-15+. The summed E-state index contributed by atoms with van der Waals surface area (Å²) in [6, 6.07) is 22.7. The molecular formula is C30H22BrCl2NO4S. The maximum absolute atomic E-state index is 13.3. The molecule has 0 radical (unpaired) electrons. The van der Waals surface area contributed by atoms with Crippen LogP contribution in [0.15, 0.2) is 82.2 Å². The van der Waals surface area contributed by atoms with Crippen LogP contribution in [0.25, 0.3) is 16.8 Å². The highest BCUT2D eigenvalue weighted by molar-refractivity contribution is 9.10. The maximum Gasteiger partial charge on any atom is 0.293 e. The third-order valence-electron chi connectivity index (χ3n) is 6.08. The maximum atomic E-state index is 13.3. The van der Waals surface area contributed by atoms with Gasteiger partial charge in [0.25, 0.3) is 11.1 Å². The highest BCUT2D eigenvalue weighted by atomic mass is 79.9. The molecule has 4 aromatic carbocycles. The van der Waals surface area contributed by atoms with E-state index >= 15 is 0 Å². The van der Waals surface area contributed by atoms with Gasteiger partial charge in [-0.05, 0) is 92.4 Å². The highest BCUT2D eigenvalue weighted by Gasteiger charge is 2.35. The second kappa shape index (κ2) is 12.0. The fourth-order valence-electron chi connectivity index (χ4n) is 4.25. The van der Waals surface area contributed by atoms with Gasteiger partial charge in [-0.1, -0.05) is 71.7 Å². The second-order valence-corrected chi connectivity index (χ2v) is 11.4. The number of imide groups is 1. The van der Waals surface area contributed by atoms with Crippen molar-refractivity contribution in [1.29, 1.82) is 0 Å². The molecule has 5 nitrogen and oxygen atoms in total. The first kappa shape index (κ1) is 27.6. The molecule has 0 atom stereocenters. The Hall–Kier alpha value is -2.97. The van der Waals surface area contributed by atoms with E-state index in [1.54, 1.807) is 24.3 Å². The Morgan fingerprint density at radius 1 is 0.949 bits per heavy atom. The number of thioether (sulfide) groups is 1. The van der Waals surface area contributed by atoms with Gasteiger partial charge in [0.2, 0.25) is 0 Å². The average Bonchev–Trinajstić information content (AvgIpc) is 3.17. The lowest BCUT2D eigenvalue weighted by molar-refractivity contribution is -0.123. The van der Waals surface area contributed by atoms with Crippen LogP contribution in [0.2, 0.25) is 10.0 Å². The Bertz CT molecular complexity index is 1620. The van der Waals surface area contributed by atoms with Gasteiger partial charge >= 0.3 is 0 Å². The summed E-state index contributed by atoms with van der Waals surface area (Å²) in [5.41, 5.74) is 2.46. The number of hydrogen-bond donors (Lipinski definition) is 0. The lowest BCUT2D eigenvalue weighted by atomic mass is 10.0. The zero-order valence-corrected chi connectivity index (χ0v) is 24.7. The predicted octanol–water partition coefficient (Wildman–Crippen LogP) is 9.12. The van der Waals surface area contributed by atoms with E-state index in [1.165, 1.54) is 4.90 Å². The largest absolute Gasteiger partial charge is 0.490 e. The summed E-state index contributed by atoms with van der Waals surface area (Å²) in [6.45, 7) is 2.75. The molecule has 0 bridgehead atoms. The number of hydrogen-bond acceptors (Lipinski definition) is 5. The number of carbonyl (C=O) groups excluding carboxylic acids is 2. The lowest BCUT2D eigenvalue weighted by Crippen LogP contribution is -2.27. The van der Waals surface area contributed by atoms with Crippen LogP contribution in [0.1, 0.15) is 23.6 Å². The van der Waals surface area contributed by atoms with Gasteiger partial charge in [-0.2, -0.15) is 0 Å². The van der Waals surface area contributed by atoms with E-state index in [4.69, 9.17) is 32.7 Å². The second-order valence-electron chi connectivity index (χ2n) is 8.71. The van der Waals surface area contributed by atoms with Crippen LogP contribution in [0, 0.1) is 0 Å². The molecule has 0 spiro atoms. The summed E-state index contributed by atoms with van der Waals surface area (Å²) in [6.07, 6.45) is 1.70. The molecule has 198 valence electrons. The minimum absolute atomic E-state index is 0.207. The van der Waals surface area contributed by atoms with Crippen LogP contribution in [0.4, 0.5) is 4.79 Å². The molecule has 1 heterocycles. The fourth-order valence-corrected chi connectivity index (χ4v) is 5.98. The predicted molar refractivity (Wildman–Crippen MR) is 162 cm³/mol. The van der Waals surface area contributed by atoms with Crippen molar-refractivity contribution in [3.63, 3.8) is 0 Å². The molecule has 1 saturated heterocycles. The summed E-state index contributed by atoms with van der Waals surface area (Å²) in [5, 5.41) is 2.70. The number of fused-ring (bicyclic) bond motifs is 1. The molecule has 1 aliphatic rings. The van der Waals surface area contributed by atoms with E-state index in [0.717, 1.165) is 33.7 Å². The van der Waals surface area contributed by atoms with Gasteiger partial charge in [0.15, 0.2) is 11.5 Å². The van der Waals surface area contributed by atoms with E-state index in [9.17, 15) is 9.59 Å². The van der Waals surface area contributed by atoms with Gasteiger partial charge in [0.1, 0.15) is 6.61 Å². The van der Waals surface area contributed by atoms with Crippen LogP contribution in [0.5, 0.6) is 11.5 Å². The Kier molecular flexibility index (Phi) is 8.52. The number of benzene rings is 4. The number of rotatable bonds is 8. The van der Waals surface area contributed by atoms with E-state index in [-0.39, 0.29) is 24.3 Å². The molecular weight excluding hydrogens is 621 g/mol. The third kappa shape index (κ3) is 6.12. The quantitative estimate of drug-likeness (QED) is 0.179. The number of carbonyl (C=O) groups is 2. The van der Waals surface area contributed by atoms with Gasteiger partial charge in [0, 0.05) is 0 Å². The van der Waals surface area contributed by atoms with Crippen molar-refractivity contribution in [2.45, 2.75) is 20.1 Å². The summed E-state index contributed by atoms with van der Waals surface area (Å²) < 4.78 is 12.5. The van der Waals surface area contributed by atoms with Crippen LogP contribution < -0.4 is 9.47 Å². The minimum Gasteiger partial charge on any atom is -0.490 e. The Balaban J connectivity index is 1.38. The molecule has 1 aliphatic heterocycles. The number of amides is 2.